The van der Waals surface area contributed by atoms with E-state index in [1.807, 2.05) is 6.07 Å². The van der Waals surface area contributed by atoms with Gasteiger partial charge >= 0.3 is 10.3 Å². The monoisotopic (exact) mass is 471 g/mol. The molecule has 2 N–H and O–H groups in total. The molecule has 2 atom stereocenters. The van der Waals surface area contributed by atoms with Crippen LogP contribution in [0.2, 0.25) is 5.02 Å². The van der Waals surface area contributed by atoms with E-state index in [2.05, 4.69) is 15.0 Å². The molecule has 164 valence electrons. The molecule has 0 unspecified atom stereocenters. The highest BCUT2D eigenvalue weighted by molar-refractivity contribution is 7.84. The Balaban J connectivity index is 1.99. The van der Waals surface area contributed by atoms with Crippen LogP contribution in [-0.2, 0) is 20.9 Å². The minimum Gasteiger partial charge on any atom is -0.420 e. The van der Waals surface area contributed by atoms with E-state index >= 15 is 0 Å². The van der Waals surface area contributed by atoms with Crippen LogP contribution in [-0.4, -0.2) is 24.7 Å². The summed E-state index contributed by atoms with van der Waals surface area (Å²) in [5, 5.41) is 22.5. The topological polar surface area (TPSA) is 136 Å². The molecule has 3 rings (SSSR count). The van der Waals surface area contributed by atoms with Gasteiger partial charge in [-0.25, -0.2) is 9.98 Å². The highest BCUT2D eigenvalue weighted by Gasteiger charge is 2.30. The van der Waals surface area contributed by atoms with E-state index in [1.54, 1.807) is 43.3 Å². The first kappa shape index (κ1) is 23.4. The predicted molar refractivity (Wildman–Crippen MR) is 117 cm³/mol. The van der Waals surface area contributed by atoms with Crippen molar-refractivity contribution in [3.05, 3.63) is 75.4 Å². The van der Waals surface area contributed by atoms with Gasteiger partial charge in [0.05, 0.1) is 35.2 Å². The van der Waals surface area contributed by atoms with Crippen LogP contribution in [0.3, 0.4) is 0 Å². The maximum Gasteiger partial charge on any atom is 0.333 e. The highest BCUT2D eigenvalue weighted by atomic mass is 35.5. The standard InChI is InChI=1S/C21H18ClN5O4S/c1-12-16(8-9-18(25-3)19(12)22)10-17(13(2)31-32(24,28)29)21-27-26-20(30-21)15-6-4-14(11-23)5-7-15/h4-9,13,17H,10H2,1-2H3,(H2,24,28,29)/t13-,17+/m0/s1. The Hall–Kier alpha value is -3.28. The lowest BCUT2D eigenvalue weighted by molar-refractivity contribution is 0.180. The zero-order valence-corrected chi connectivity index (χ0v) is 18.7. The van der Waals surface area contributed by atoms with Crippen molar-refractivity contribution in [1.82, 2.24) is 10.2 Å². The third-order valence-electron chi connectivity index (χ3n) is 4.91. The molecule has 0 amide bonds. The molecule has 0 bridgehead atoms. The second-order valence-electron chi connectivity index (χ2n) is 7.03. The molecule has 1 heterocycles. The second-order valence-corrected chi connectivity index (χ2v) is 8.59. The van der Waals surface area contributed by atoms with Crippen molar-refractivity contribution in [2.24, 2.45) is 5.14 Å². The van der Waals surface area contributed by atoms with Gasteiger partial charge in [-0.1, -0.05) is 23.7 Å². The fourth-order valence-electron chi connectivity index (χ4n) is 3.18. The van der Waals surface area contributed by atoms with Crippen molar-refractivity contribution in [1.29, 1.82) is 5.26 Å². The molecule has 1 aromatic heterocycles. The lowest BCUT2D eigenvalue weighted by Crippen LogP contribution is -2.28. The number of hydrogen-bond acceptors (Lipinski definition) is 7. The second kappa shape index (κ2) is 9.47. The summed E-state index contributed by atoms with van der Waals surface area (Å²) in [6.07, 6.45) is -0.687. The van der Waals surface area contributed by atoms with Crippen molar-refractivity contribution in [2.45, 2.75) is 32.3 Å². The smallest absolute Gasteiger partial charge is 0.333 e. The average Bonchev–Trinajstić information content (AvgIpc) is 3.23. The van der Waals surface area contributed by atoms with Gasteiger partial charge in [-0.05, 0) is 55.7 Å². The number of nitrogens with two attached hydrogens (primary N) is 1. The first-order valence-electron chi connectivity index (χ1n) is 9.33. The molecule has 0 radical (unpaired) electrons. The van der Waals surface area contributed by atoms with Crippen LogP contribution in [0.4, 0.5) is 5.69 Å². The molecule has 9 nitrogen and oxygen atoms in total. The molecular weight excluding hydrogens is 454 g/mol. The Morgan fingerprint density at radius 3 is 2.56 bits per heavy atom. The normalized spacial score (nSPS) is 13.2. The number of halogens is 1. The van der Waals surface area contributed by atoms with Crippen molar-refractivity contribution in [3.8, 4) is 17.5 Å². The van der Waals surface area contributed by atoms with Crippen molar-refractivity contribution >= 4 is 27.6 Å². The number of nitrogens with zero attached hydrogens (tertiary/aromatic N) is 4. The summed E-state index contributed by atoms with van der Waals surface area (Å²) in [5.74, 6) is -0.331. The highest BCUT2D eigenvalue weighted by Crippen LogP contribution is 2.35. The van der Waals surface area contributed by atoms with Crippen LogP contribution >= 0.6 is 11.6 Å². The maximum absolute atomic E-state index is 11.5. The first-order chi connectivity index (χ1) is 15.1. The maximum atomic E-state index is 11.5. The minimum absolute atomic E-state index is 0.144. The molecule has 0 fully saturated rings. The number of aromatic nitrogens is 2. The number of hydrogen-bond donors (Lipinski definition) is 1. The van der Waals surface area contributed by atoms with Crippen LogP contribution < -0.4 is 5.14 Å². The Morgan fingerprint density at radius 1 is 1.28 bits per heavy atom. The number of rotatable bonds is 7. The molecule has 3 aromatic rings. The lowest BCUT2D eigenvalue weighted by Gasteiger charge is -2.21. The zero-order chi connectivity index (χ0) is 23.5. The molecule has 0 spiro atoms. The van der Waals surface area contributed by atoms with E-state index < -0.39 is 22.3 Å². The van der Waals surface area contributed by atoms with Crippen LogP contribution in [0.25, 0.3) is 16.3 Å². The van der Waals surface area contributed by atoms with Gasteiger partial charge in [0, 0.05) is 5.56 Å². The quantitative estimate of drug-likeness (QED) is 0.513. The first-order valence-corrected chi connectivity index (χ1v) is 11.2. The number of nitriles is 1. The van der Waals surface area contributed by atoms with Gasteiger partial charge in [-0.2, -0.15) is 13.7 Å². The zero-order valence-electron chi connectivity index (χ0n) is 17.1. The summed E-state index contributed by atoms with van der Waals surface area (Å²) < 4.78 is 33.9. The van der Waals surface area contributed by atoms with Gasteiger partial charge < -0.3 is 4.42 Å². The van der Waals surface area contributed by atoms with E-state index in [-0.39, 0.29) is 18.2 Å². The summed E-state index contributed by atoms with van der Waals surface area (Å²) in [6.45, 7) is 10.5. The van der Waals surface area contributed by atoms with Crippen LogP contribution in [0.5, 0.6) is 0 Å². The summed E-state index contributed by atoms with van der Waals surface area (Å²) in [5.41, 5.74) is 2.84. The third kappa shape index (κ3) is 5.31. The van der Waals surface area contributed by atoms with Crippen molar-refractivity contribution < 1.29 is 17.0 Å². The Bertz CT molecular complexity index is 1320. The summed E-state index contributed by atoms with van der Waals surface area (Å²) >= 11 is 6.29. The predicted octanol–water partition coefficient (Wildman–Crippen LogP) is 4.06. The van der Waals surface area contributed by atoms with E-state index in [4.69, 9.17) is 37.2 Å². The van der Waals surface area contributed by atoms with E-state index in [0.29, 0.717) is 27.4 Å². The molecule has 32 heavy (non-hydrogen) atoms. The molecule has 0 aliphatic heterocycles. The minimum atomic E-state index is -4.24. The van der Waals surface area contributed by atoms with Gasteiger partial charge in [0.15, 0.2) is 0 Å². The van der Waals surface area contributed by atoms with Crippen LogP contribution in [0.15, 0.2) is 40.8 Å². The average molecular weight is 472 g/mol. The van der Waals surface area contributed by atoms with Crippen molar-refractivity contribution in [2.75, 3.05) is 0 Å². The molecular formula is C21H18ClN5O4S. The Morgan fingerprint density at radius 2 is 1.97 bits per heavy atom. The van der Waals surface area contributed by atoms with Gasteiger partial charge in [0.2, 0.25) is 17.5 Å². The number of benzene rings is 2. The summed E-state index contributed by atoms with van der Waals surface area (Å²) in [7, 11) is -4.24. The molecule has 0 aliphatic rings. The molecule has 11 heteroatoms. The molecule has 0 aliphatic carbocycles. The fourth-order valence-corrected chi connectivity index (χ4v) is 3.96. The molecule has 2 aromatic carbocycles. The van der Waals surface area contributed by atoms with E-state index in [1.165, 1.54) is 6.92 Å². The molecule has 0 saturated carbocycles. The SMILES string of the molecule is [C-]#[N+]c1ccc(C[C@@H](c2nnc(-c3ccc(C#N)cc3)o2)[C@H](C)OS(N)(=O)=O)c(C)c1Cl. The van der Waals surface area contributed by atoms with Crippen LogP contribution in [0, 0.1) is 24.8 Å². The summed E-state index contributed by atoms with van der Waals surface area (Å²) in [4.78, 5) is 3.38. The van der Waals surface area contributed by atoms with Gasteiger partial charge in [0.25, 0.3) is 0 Å². The Kier molecular flexibility index (Phi) is 6.92. The van der Waals surface area contributed by atoms with Crippen LogP contribution in [0.1, 0.15) is 35.4 Å². The van der Waals surface area contributed by atoms with E-state index in [9.17, 15) is 8.42 Å². The van der Waals surface area contributed by atoms with Gasteiger partial charge in [-0.15, -0.1) is 10.2 Å². The fraction of sp³-hybridized carbons (Fsp3) is 0.238. The largest absolute Gasteiger partial charge is 0.420 e. The van der Waals surface area contributed by atoms with E-state index in [0.717, 1.165) is 5.56 Å². The van der Waals surface area contributed by atoms with Gasteiger partial charge in [0.1, 0.15) is 0 Å². The Labute approximate surface area is 190 Å². The lowest BCUT2D eigenvalue weighted by atomic mass is 9.92. The molecule has 0 saturated heterocycles. The van der Waals surface area contributed by atoms with Crippen molar-refractivity contribution in [3.63, 3.8) is 0 Å². The van der Waals surface area contributed by atoms with Gasteiger partial charge in [-0.3, -0.25) is 4.18 Å². The summed E-state index contributed by atoms with van der Waals surface area (Å²) in [6, 6.07) is 11.9. The third-order valence-corrected chi connectivity index (χ3v) is 5.96.